The Balaban J connectivity index is 2.50. The van der Waals surface area contributed by atoms with Crippen molar-refractivity contribution in [1.82, 2.24) is 0 Å². The highest BCUT2D eigenvalue weighted by Crippen LogP contribution is 2.29. The number of hydrogen-bond donors (Lipinski definition) is 0. The summed E-state index contributed by atoms with van der Waals surface area (Å²) in [6.45, 7) is 8.02. The Labute approximate surface area is 104 Å². The Kier molecular flexibility index (Phi) is 5.40. The van der Waals surface area contributed by atoms with Crippen molar-refractivity contribution in [2.24, 2.45) is 5.92 Å². The molecule has 4 heteroatoms. The minimum atomic E-state index is -0.351. The fourth-order valence-electron chi connectivity index (χ4n) is 1.94. The zero-order valence-electron chi connectivity index (χ0n) is 11.3. The van der Waals surface area contributed by atoms with E-state index in [1.807, 2.05) is 27.7 Å². The minimum absolute atomic E-state index is 0.158. The Morgan fingerprint density at radius 2 is 1.88 bits per heavy atom. The van der Waals surface area contributed by atoms with Gasteiger partial charge in [0.1, 0.15) is 6.10 Å². The van der Waals surface area contributed by atoms with Crippen molar-refractivity contribution < 1.29 is 19.3 Å². The smallest absolute Gasteiger partial charge is 0.311 e. The molecule has 0 aromatic rings. The van der Waals surface area contributed by atoms with Crippen LogP contribution in [0.1, 0.15) is 53.4 Å². The fraction of sp³-hybridized carbons (Fsp3) is 0.923. The van der Waals surface area contributed by atoms with Crippen LogP contribution < -0.4 is 0 Å². The highest BCUT2D eigenvalue weighted by molar-refractivity contribution is 5.73. The summed E-state index contributed by atoms with van der Waals surface area (Å²) in [6, 6.07) is 0. The van der Waals surface area contributed by atoms with Crippen LogP contribution in [-0.2, 0) is 19.3 Å². The van der Waals surface area contributed by atoms with E-state index in [1.165, 1.54) is 0 Å². The second kappa shape index (κ2) is 6.36. The Morgan fingerprint density at radius 1 is 1.24 bits per heavy atom. The molecule has 1 rings (SSSR count). The molecule has 0 bridgehead atoms. The normalized spacial score (nSPS) is 25.6. The molecule has 4 nitrogen and oxygen atoms in total. The third-order valence-electron chi connectivity index (χ3n) is 2.71. The molecule has 0 heterocycles. The number of carbonyl (C=O) groups excluding carboxylic acids is 1. The van der Waals surface area contributed by atoms with Gasteiger partial charge in [0.15, 0.2) is 0 Å². The third-order valence-corrected chi connectivity index (χ3v) is 2.71. The van der Waals surface area contributed by atoms with Gasteiger partial charge in [-0.2, -0.15) is 0 Å². The molecule has 0 spiro atoms. The summed E-state index contributed by atoms with van der Waals surface area (Å²) >= 11 is 0. The zero-order valence-corrected chi connectivity index (χ0v) is 11.3. The van der Waals surface area contributed by atoms with Crippen LogP contribution in [0.3, 0.4) is 0 Å². The molecule has 0 aromatic carbocycles. The maximum atomic E-state index is 11.8. The summed E-state index contributed by atoms with van der Waals surface area (Å²) in [7, 11) is 0. The number of esters is 1. The summed E-state index contributed by atoms with van der Waals surface area (Å²) in [5, 5.41) is 0. The molecule has 2 atom stereocenters. The second-order valence-corrected chi connectivity index (χ2v) is 5.47. The quantitative estimate of drug-likeness (QED) is 0.433. The molecule has 17 heavy (non-hydrogen) atoms. The largest absolute Gasteiger partial charge is 0.466 e. The average molecular weight is 244 g/mol. The number of hydrogen-bond acceptors (Lipinski definition) is 4. The molecule has 1 fully saturated rings. The maximum Gasteiger partial charge on any atom is 0.311 e. The molecule has 0 aliphatic heterocycles. The topological polar surface area (TPSA) is 44.8 Å². The molecule has 100 valence electrons. The third kappa shape index (κ3) is 5.04. The van der Waals surface area contributed by atoms with Crippen LogP contribution in [0.5, 0.6) is 0 Å². The lowest BCUT2D eigenvalue weighted by Gasteiger charge is -2.31. The number of ether oxygens (including phenoxy) is 1. The molecule has 1 aliphatic rings. The van der Waals surface area contributed by atoms with Crippen LogP contribution >= 0.6 is 0 Å². The first-order valence-electron chi connectivity index (χ1n) is 6.45. The van der Waals surface area contributed by atoms with Gasteiger partial charge in [-0.3, -0.25) is 4.79 Å². The van der Waals surface area contributed by atoms with Gasteiger partial charge in [-0.1, -0.05) is 12.8 Å². The molecule has 1 aliphatic carbocycles. The lowest BCUT2D eigenvalue weighted by Crippen LogP contribution is -2.36. The first-order valence-corrected chi connectivity index (χ1v) is 6.45. The molecular formula is C13H24O4. The molecule has 0 aromatic heterocycles. The fourth-order valence-corrected chi connectivity index (χ4v) is 1.94. The molecule has 2 unspecified atom stereocenters. The van der Waals surface area contributed by atoms with Crippen molar-refractivity contribution in [3.63, 3.8) is 0 Å². The second-order valence-electron chi connectivity index (χ2n) is 5.47. The van der Waals surface area contributed by atoms with E-state index >= 15 is 0 Å². The standard InChI is InChI=1S/C13H24O4/c1-5-15-12(14)10-8-6-7-9-11(10)16-17-13(2,3)4/h10-11H,5-9H2,1-4H3. The van der Waals surface area contributed by atoms with Crippen LogP contribution in [0, 0.1) is 5.92 Å². The van der Waals surface area contributed by atoms with E-state index in [-0.39, 0.29) is 23.6 Å². The van der Waals surface area contributed by atoms with Gasteiger partial charge in [0.05, 0.1) is 18.1 Å². The first-order chi connectivity index (χ1) is 7.94. The van der Waals surface area contributed by atoms with Crippen LogP contribution in [0.4, 0.5) is 0 Å². The van der Waals surface area contributed by atoms with Gasteiger partial charge in [-0.25, -0.2) is 9.78 Å². The summed E-state index contributed by atoms with van der Waals surface area (Å²) in [4.78, 5) is 22.5. The number of rotatable bonds is 4. The Morgan fingerprint density at radius 3 is 2.47 bits per heavy atom. The summed E-state index contributed by atoms with van der Waals surface area (Å²) in [6.07, 6.45) is 3.66. The molecule has 0 amide bonds. The zero-order chi connectivity index (χ0) is 12.9. The van der Waals surface area contributed by atoms with Gasteiger partial charge >= 0.3 is 5.97 Å². The van der Waals surface area contributed by atoms with Gasteiger partial charge in [0.2, 0.25) is 0 Å². The van der Waals surface area contributed by atoms with E-state index in [0.717, 1.165) is 25.7 Å². The van der Waals surface area contributed by atoms with Gasteiger partial charge in [0, 0.05) is 0 Å². The Hall–Kier alpha value is -0.610. The average Bonchev–Trinajstić information content (AvgIpc) is 2.26. The minimum Gasteiger partial charge on any atom is -0.466 e. The summed E-state index contributed by atoms with van der Waals surface area (Å²) in [5.41, 5.74) is -0.351. The van der Waals surface area contributed by atoms with Crippen LogP contribution in [0.2, 0.25) is 0 Å². The van der Waals surface area contributed by atoms with Gasteiger partial charge in [0.25, 0.3) is 0 Å². The monoisotopic (exact) mass is 244 g/mol. The SMILES string of the molecule is CCOC(=O)C1CCCCC1OOC(C)(C)C. The van der Waals surface area contributed by atoms with Crippen LogP contribution in [0.25, 0.3) is 0 Å². The van der Waals surface area contributed by atoms with E-state index in [9.17, 15) is 4.79 Å². The van der Waals surface area contributed by atoms with Crippen molar-refractivity contribution in [3.05, 3.63) is 0 Å². The predicted octanol–water partition coefficient (Wildman–Crippen LogP) is 2.86. The highest BCUT2D eigenvalue weighted by Gasteiger charge is 2.34. The van der Waals surface area contributed by atoms with Gasteiger partial charge in [-0.15, -0.1) is 0 Å². The van der Waals surface area contributed by atoms with Crippen molar-refractivity contribution in [2.45, 2.75) is 65.1 Å². The summed E-state index contributed by atoms with van der Waals surface area (Å²) in [5.74, 6) is -0.333. The Bertz CT molecular complexity index is 244. The number of carbonyl (C=O) groups is 1. The van der Waals surface area contributed by atoms with E-state index < -0.39 is 0 Å². The van der Waals surface area contributed by atoms with Crippen LogP contribution in [0.15, 0.2) is 0 Å². The lowest BCUT2D eigenvalue weighted by molar-refractivity contribution is -0.381. The van der Waals surface area contributed by atoms with Gasteiger partial charge < -0.3 is 4.74 Å². The van der Waals surface area contributed by atoms with Crippen molar-refractivity contribution in [2.75, 3.05) is 6.61 Å². The predicted molar refractivity (Wildman–Crippen MR) is 64.3 cm³/mol. The van der Waals surface area contributed by atoms with E-state index in [4.69, 9.17) is 14.5 Å². The molecule has 0 radical (unpaired) electrons. The molecule has 0 N–H and O–H groups in total. The maximum absolute atomic E-state index is 11.8. The molecule has 1 saturated carbocycles. The van der Waals surface area contributed by atoms with E-state index in [0.29, 0.717) is 6.61 Å². The molecular weight excluding hydrogens is 220 g/mol. The lowest BCUT2D eigenvalue weighted by atomic mass is 9.86. The molecule has 0 saturated heterocycles. The van der Waals surface area contributed by atoms with Crippen molar-refractivity contribution >= 4 is 5.97 Å². The van der Waals surface area contributed by atoms with E-state index in [1.54, 1.807) is 0 Å². The van der Waals surface area contributed by atoms with Crippen LogP contribution in [-0.4, -0.2) is 24.3 Å². The van der Waals surface area contributed by atoms with Crippen molar-refractivity contribution in [3.8, 4) is 0 Å². The first kappa shape index (κ1) is 14.5. The summed E-state index contributed by atoms with van der Waals surface area (Å²) < 4.78 is 5.07. The van der Waals surface area contributed by atoms with E-state index in [2.05, 4.69) is 0 Å². The highest BCUT2D eigenvalue weighted by atomic mass is 17.2. The van der Waals surface area contributed by atoms with Gasteiger partial charge in [-0.05, 0) is 40.5 Å². The van der Waals surface area contributed by atoms with Crippen molar-refractivity contribution in [1.29, 1.82) is 0 Å².